The minimum absolute atomic E-state index is 0.918. The number of allylic oxidation sites excluding steroid dienone is 3. The smallest absolute Gasteiger partial charge is 0.220 e. The molecule has 3 aromatic heterocycles. The number of nitrogens with zero attached hydrogens (tertiary/aromatic N) is 4. The Labute approximate surface area is 180 Å². The van der Waals surface area contributed by atoms with Crippen molar-refractivity contribution in [3.63, 3.8) is 0 Å². The van der Waals surface area contributed by atoms with Crippen molar-refractivity contribution in [2.45, 2.75) is 6.92 Å². The van der Waals surface area contributed by atoms with Crippen molar-refractivity contribution in [1.29, 1.82) is 0 Å². The number of hydrogen-bond acceptors (Lipinski definition) is 1. The molecule has 0 saturated heterocycles. The van der Waals surface area contributed by atoms with E-state index in [1.165, 1.54) is 21.8 Å². The molecule has 4 heteroatoms. The monoisotopic (exact) mass is 402 g/mol. The van der Waals surface area contributed by atoms with E-state index in [1.807, 2.05) is 25.1 Å². The van der Waals surface area contributed by atoms with Gasteiger partial charge in [-0.25, -0.2) is 4.98 Å². The van der Waals surface area contributed by atoms with Crippen LogP contribution in [-0.2, 0) is 7.05 Å². The summed E-state index contributed by atoms with van der Waals surface area (Å²) in [7, 11) is 2.13. The van der Waals surface area contributed by atoms with Crippen LogP contribution >= 0.6 is 0 Å². The van der Waals surface area contributed by atoms with Gasteiger partial charge in [-0.05, 0) is 49.4 Å². The number of benzene rings is 3. The van der Waals surface area contributed by atoms with E-state index < -0.39 is 0 Å². The summed E-state index contributed by atoms with van der Waals surface area (Å²) in [4.78, 5) is 4.96. The van der Waals surface area contributed by atoms with Crippen molar-refractivity contribution in [2.24, 2.45) is 7.05 Å². The van der Waals surface area contributed by atoms with Crippen molar-refractivity contribution in [3.8, 4) is 5.69 Å². The summed E-state index contributed by atoms with van der Waals surface area (Å²) in [6.45, 7) is 2.02. The second-order valence-electron chi connectivity index (χ2n) is 7.82. The lowest BCUT2D eigenvalue weighted by molar-refractivity contribution is 1.01. The first-order chi connectivity index (χ1) is 15.3. The third-order valence-corrected chi connectivity index (χ3v) is 6.02. The van der Waals surface area contributed by atoms with Gasteiger partial charge in [-0.2, -0.15) is 0 Å². The zero-order chi connectivity index (χ0) is 20.9. The second kappa shape index (κ2) is 6.74. The van der Waals surface area contributed by atoms with Gasteiger partial charge in [0, 0.05) is 40.7 Å². The molecule has 0 fully saturated rings. The van der Waals surface area contributed by atoms with Crippen molar-refractivity contribution in [3.05, 3.63) is 96.8 Å². The minimum Gasteiger partial charge on any atom is -0.344 e. The summed E-state index contributed by atoms with van der Waals surface area (Å²) >= 11 is 0. The first-order valence-corrected chi connectivity index (χ1v) is 10.5. The summed E-state index contributed by atoms with van der Waals surface area (Å²) in [5, 5.41) is 2.52. The fourth-order valence-corrected chi connectivity index (χ4v) is 4.56. The molecule has 0 aliphatic heterocycles. The Bertz CT molecular complexity index is 1650. The van der Waals surface area contributed by atoms with Crippen LogP contribution in [-0.4, -0.2) is 18.5 Å². The highest BCUT2D eigenvalue weighted by molar-refractivity contribution is 6.08. The molecular weight excluding hydrogens is 380 g/mol. The molecule has 0 saturated carbocycles. The zero-order valence-electron chi connectivity index (χ0n) is 17.5. The Morgan fingerprint density at radius 1 is 0.806 bits per heavy atom. The molecule has 0 spiro atoms. The fourth-order valence-electron chi connectivity index (χ4n) is 4.56. The van der Waals surface area contributed by atoms with Gasteiger partial charge in [-0.15, -0.1) is 0 Å². The van der Waals surface area contributed by atoms with Gasteiger partial charge in [0.15, 0.2) is 0 Å². The van der Waals surface area contributed by atoms with Crippen LogP contribution in [0.15, 0.2) is 91.2 Å². The topological polar surface area (TPSA) is 27.2 Å². The number of fused-ring (bicyclic) bond motifs is 6. The van der Waals surface area contributed by atoms with Crippen LogP contribution in [0.2, 0.25) is 0 Å². The molecule has 0 radical (unpaired) electrons. The molecule has 150 valence electrons. The summed E-state index contributed by atoms with van der Waals surface area (Å²) in [6, 6.07) is 23.5. The standard InChI is InChI=1S/C27H22N4/c1-3-4-5-10-20-18-30(27-28-23-12-7-9-14-26(23)31(20)27)19-15-16-25-22(17-19)21-11-6-8-13-24(21)29(25)2/h3-18H,1-2H3. The van der Waals surface area contributed by atoms with Crippen molar-refractivity contribution >= 4 is 44.7 Å². The van der Waals surface area contributed by atoms with Gasteiger partial charge < -0.3 is 4.57 Å². The number of hydrogen-bond donors (Lipinski definition) is 0. The molecule has 0 unspecified atom stereocenters. The van der Waals surface area contributed by atoms with E-state index in [0.717, 1.165) is 28.2 Å². The van der Waals surface area contributed by atoms with E-state index in [9.17, 15) is 0 Å². The first kappa shape index (κ1) is 17.8. The van der Waals surface area contributed by atoms with Crippen LogP contribution < -0.4 is 0 Å². The van der Waals surface area contributed by atoms with E-state index in [4.69, 9.17) is 4.98 Å². The fraction of sp³-hybridized carbons (Fsp3) is 0.0741. The molecule has 0 atom stereocenters. The molecule has 0 aliphatic rings. The predicted octanol–water partition coefficient (Wildman–Crippen LogP) is 6.51. The summed E-state index contributed by atoms with van der Waals surface area (Å²) < 4.78 is 6.67. The molecule has 6 rings (SSSR count). The molecule has 4 nitrogen and oxygen atoms in total. The average Bonchev–Trinajstić information content (AvgIpc) is 3.44. The SMILES string of the molecule is CC=CC=Cc1cn(-c2ccc3c(c2)c2ccccc2n3C)c2nc3ccccc3n12. The third-order valence-electron chi connectivity index (χ3n) is 6.02. The van der Waals surface area contributed by atoms with Crippen molar-refractivity contribution < 1.29 is 0 Å². The van der Waals surface area contributed by atoms with E-state index in [0.29, 0.717) is 0 Å². The molecule has 6 aromatic rings. The Morgan fingerprint density at radius 3 is 2.45 bits per heavy atom. The molecule has 3 aromatic carbocycles. The molecule has 0 amide bonds. The number of para-hydroxylation sites is 3. The summed E-state index contributed by atoms with van der Waals surface area (Å²) in [6.07, 6.45) is 10.5. The van der Waals surface area contributed by atoms with Gasteiger partial charge in [0.25, 0.3) is 0 Å². The molecule has 0 N–H and O–H groups in total. The first-order valence-electron chi connectivity index (χ1n) is 10.5. The van der Waals surface area contributed by atoms with Crippen LogP contribution in [0.3, 0.4) is 0 Å². The van der Waals surface area contributed by atoms with Crippen molar-refractivity contribution in [1.82, 2.24) is 18.5 Å². The zero-order valence-corrected chi connectivity index (χ0v) is 17.5. The lowest BCUT2D eigenvalue weighted by atomic mass is 10.1. The van der Waals surface area contributed by atoms with Crippen molar-refractivity contribution in [2.75, 3.05) is 0 Å². The average molecular weight is 403 g/mol. The van der Waals surface area contributed by atoms with E-state index in [-0.39, 0.29) is 0 Å². The number of rotatable bonds is 3. The maximum Gasteiger partial charge on any atom is 0.220 e. The van der Waals surface area contributed by atoms with Crippen LogP contribution in [0.1, 0.15) is 12.6 Å². The maximum atomic E-state index is 4.96. The van der Waals surface area contributed by atoms with Gasteiger partial charge in [-0.3, -0.25) is 8.97 Å². The quantitative estimate of drug-likeness (QED) is 0.310. The Kier molecular flexibility index (Phi) is 3.87. The number of aromatic nitrogens is 4. The minimum atomic E-state index is 0.918. The molecule has 31 heavy (non-hydrogen) atoms. The van der Waals surface area contributed by atoms with Crippen LogP contribution in [0.4, 0.5) is 0 Å². The van der Waals surface area contributed by atoms with Gasteiger partial charge in [0.2, 0.25) is 5.78 Å². The number of imidazole rings is 2. The van der Waals surface area contributed by atoms with Gasteiger partial charge in [-0.1, -0.05) is 48.6 Å². The predicted molar refractivity (Wildman–Crippen MR) is 130 cm³/mol. The summed E-state index contributed by atoms with van der Waals surface area (Å²) in [5.41, 5.74) is 6.79. The highest BCUT2D eigenvalue weighted by atomic mass is 15.2. The van der Waals surface area contributed by atoms with Gasteiger partial charge >= 0.3 is 0 Å². The van der Waals surface area contributed by atoms with Gasteiger partial charge in [0.1, 0.15) is 0 Å². The lowest BCUT2D eigenvalue weighted by Gasteiger charge is -2.04. The van der Waals surface area contributed by atoms with Crippen LogP contribution in [0.25, 0.3) is 50.4 Å². The normalized spacial score (nSPS) is 12.6. The van der Waals surface area contributed by atoms with E-state index >= 15 is 0 Å². The Balaban J connectivity index is 1.65. The lowest BCUT2D eigenvalue weighted by Crippen LogP contribution is -1.94. The number of aryl methyl sites for hydroxylation is 1. The largest absolute Gasteiger partial charge is 0.344 e. The van der Waals surface area contributed by atoms with E-state index in [2.05, 4.69) is 99.6 Å². The highest BCUT2D eigenvalue weighted by Gasteiger charge is 2.15. The molecule has 0 bridgehead atoms. The second-order valence-corrected chi connectivity index (χ2v) is 7.82. The Morgan fingerprint density at radius 2 is 1.58 bits per heavy atom. The maximum absolute atomic E-state index is 4.96. The Hall–Kier alpha value is -4.05. The highest BCUT2D eigenvalue weighted by Crippen LogP contribution is 2.31. The molecule has 0 aliphatic carbocycles. The van der Waals surface area contributed by atoms with Crippen LogP contribution in [0.5, 0.6) is 0 Å². The molecular formula is C27H22N4. The molecule has 3 heterocycles. The van der Waals surface area contributed by atoms with E-state index in [1.54, 1.807) is 0 Å². The van der Waals surface area contributed by atoms with Gasteiger partial charge in [0.05, 0.1) is 16.7 Å². The summed E-state index contributed by atoms with van der Waals surface area (Å²) in [5.74, 6) is 0.918. The van der Waals surface area contributed by atoms with Crippen LogP contribution in [0, 0.1) is 0 Å². The third kappa shape index (κ3) is 2.58.